The molecule has 0 unspecified atom stereocenters. The van der Waals surface area contributed by atoms with E-state index in [-0.39, 0.29) is 0 Å². The van der Waals surface area contributed by atoms with Crippen molar-refractivity contribution in [2.45, 2.75) is 39.3 Å². The summed E-state index contributed by atoms with van der Waals surface area (Å²) in [5, 5.41) is 2.40. The van der Waals surface area contributed by atoms with E-state index in [0.29, 0.717) is 0 Å². The Morgan fingerprint density at radius 1 is 1.20 bits per heavy atom. The molecule has 0 heterocycles. The molecule has 84 valence electrons. The lowest BCUT2D eigenvalue weighted by molar-refractivity contribution is -0.705. The summed E-state index contributed by atoms with van der Waals surface area (Å²) in [4.78, 5) is 0. The van der Waals surface area contributed by atoms with Crippen molar-refractivity contribution in [2.75, 3.05) is 7.11 Å². The maximum atomic E-state index is 5.32. The Morgan fingerprint density at radius 3 is 2.47 bits per heavy atom. The van der Waals surface area contributed by atoms with Crippen LogP contribution in [0.1, 0.15) is 32.3 Å². The van der Waals surface area contributed by atoms with Crippen molar-refractivity contribution < 1.29 is 10.1 Å². The van der Waals surface area contributed by atoms with E-state index in [1.165, 1.54) is 18.4 Å². The van der Waals surface area contributed by atoms with Crippen LogP contribution in [-0.2, 0) is 6.54 Å². The molecule has 1 rings (SSSR count). The van der Waals surface area contributed by atoms with Crippen molar-refractivity contribution in [1.29, 1.82) is 0 Å². The Kier molecular flexibility index (Phi) is 5.19. The molecule has 0 aliphatic carbocycles. The standard InChI is InChI=1S/C13H21NO/c1-4-12(5-2)14-10-11-8-6-7-9-13(11)15-3/h6-9,12,14H,4-5,10H2,1-3H3/p+1. The summed E-state index contributed by atoms with van der Waals surface area (Å²) in [6, 6.07) is 8.97. The summed E-state index contributed by atoms with van der Waals surface area (Å²) >= 11 is 0. The van der Waals surface area contributed by atoms with E-state index in [1.807, 2.05) is 12.1 Å². The first-order chi connectivity index (χ1) is 7.31. The van der Waals surface area contributed by atoms with E-state index >= 15 is 0 Å². The molecule has 0 saturated heterocycles. The number of para-hydroxylation sites is 1. The average molecular weight is 208 g/mol. The third kappa shape index (κ3) is 3.56. The van der Waals surface area contributed by atoms with Crippen LogP contribution in [-0.4, -0.2) is 13.2 Å². The predicted octanol–water partition coefficient (Wildman–Crippen LogP) is 1.95. The van der Waals surface area contributed by atoms with Gasteiger partial charge in [-0.1, -0.05) is 26.0 Å². The number of quaternary nitrogens is 1. The number of methoxy groups -OCH3 is 1. The summed E-state index contributed by atoms with van der Waals surface area (Å²) in [7, 11) is 1.73. The minimum Gasteiger partial charge on any atom is -0.496 e. The van der Waals surface area contributed by atoms with Crippen LogP contribution in [0.4, 0.5) is 0 Å². The lowest BCUT2D eigenvalue weighted by atomic mass is 10.1. The first-order valence-corrected chi connectivity index (χ1v) is 5.77. The van der Waals surface area contributed by atoms with Crippen molar-refractivity contribution in [3.63, 3.8) is 0 Å². The summed E-state index contributed by atoms with van der Waals surface area (Å²) in [5.74, 6) is 1.000. The Hall–Kier alpha value is -1.02. The molecule has 2 N–H and O–H groups in total. The fourth-order valence-corrected chi connectivity index (χ4v) is 1.79. The predicted molar refractivity (Wildman–Crippen MR) is 63.0 cm³/mol. The Balaban J connectivity index is 2.56. The summed E-state index contributed by atoms with van der Waals surface area (Å²) in [6.07, 6.45) is 2.46. The van der Waals surface area contributed by atoms with Gasteiger partial charge in [-0.15, -0.1) is 0 Å². The zero-order chi connectivity index (χ0) is 11.1. The van der Waals surface area contributed by atoms with Gasteiger partial charge in [0.15, 0.2) is 0 Å². The van der Waals surface area contributed by atoms with E-state index < -0.39 is 0 Å². The van der Waals surface area contributed by atoms with Crippen LogP contribution in [0.5, 0.6) is 5.75 Å². The van der Waals surface area contributed by atoms with Gasteiger partial charge < -0.3 is 10.1 Å². The van der Waals surface area contributed by atoms with E-state index in [4.69, 9.17) is 4.74 Å². The maximum absolute atomic E-state index is 5.32. The molecule has 15 heavy (non-hydrogen) atoms. The summed E-state index contributed by atoms with van der Waals surface area (Å²) < 4.78 is 5.32. The third-order valence-electron chi connectivity index (χ3n) is 2.91. The molecule has 0 aromatic heterocycles. The zero-order valence-electron chi connectivity index (χ0n) is 9.99. The van der Waals surface area contributed by atoms with Crippen LogP contribution in [0.15, 0.2) is 24.3 Å². The molecule has 2 heteroatoms. The second kappa shape index (κ2) is 6.46. The number of hydrogen-bond acceptors (Lipinski definition) is 1. The molecule has 0 spiro atoms. The average Bonchev–Trinajstić information content (AvgIpc) is 2.31. The SMILES string of the molecule is CCC(CC)[NH2+]Cc1ccccc1OC. The topological polar surface area (TPSA) is 25.8 Å². The monoisotopic (exact) mass is 208 g/mol. The molecule has 0 aliphatic rings. The second-order valence-electron chi connectivity index (χ2n) is 3.83. The van der Waals surface area contributed by atoms with Crippen molar-refractivity contribution in [1.82, 2.24) is 0 Å². The van der Waals surface area contributed by atoms with Crippen molar-refractivity contribution in [2.24, 2.45) is 0 Å². The maximum Gasteiger partial charge on any atom is 0.127 e. The van der Waals surface area contributed by atoms with Crippen LogP contribution >= 0.6 is 0 Å². The molecule has 0 amide bonds. The molecule has 0 radical (unpaired) electrons. The highest BCUT2D eigenvalue weighted by atomic mass is 16.5. The van der Waals surface area contributed by atoms with E-state index in [0.717, 1.165) is 18.3 Å². The minimum absolute atomic E-state index is 0.731. The van der Waals surface area contributed by atoms with Gasteiger partial charge in [0.05, 0.1) is 13.2 Å². The van der Waals surface area contributed by atoms with E-state index in [2.05, 4.69) is 31.3 Å². The summed E-state index contributed by atoms with van der Waals surface area (Å²) in [5.41, 5.74) is 1.28. The number of rotatable bonds is 6. The number of benzene rings is 1. The first-order valence-electron chi connectivity index (χ1n) is 5.77. The molecule has 1 aromatic rings. The number of nitrogens with two attached hydrogens (primary N) is 1. The van der Waals surface area contributed by atoms with Crippen molar-refractivity contribution in [3.8, 4) is 5.75 Å². The zero-order valence-corrected chi connectivity index (χ0v) is 9.99. The smallest absolute Gasteiger partial charge is 0.127 e. The lowest BCUT2D eigenvalue weighted by Gasteiger charge is -2.12. The Morgan fingerprint density at radius 2 is 1.87 bits per heavy atom. The van der Waals surface area contributed by atoms with Gasteiger partial charge in [0.1, 0.15) is 12.3 Å². The largest absolute Gasteiger partial charge is 0.496 e. The molecular weight excluding hydrogens is 186 g/mol. The fraction of sp³-hybridized carbons (Fsp3) is 0.538. The molecule has 1 aromatic carbocycles. The lowest BCUT2D eigenvalue weighted by Crippen LogP contribution is -2.88. The van der Waals surface area contributed by atoms with Crippen LogP contribution in [0.3, 0.4) is 0 Å². The minimum atomic E-state index is 0.731. The molecule has 0 aliphatic heterocycles. The number of ether oxygens (including phenoxy) is 1. The highest BCUT2D eigenvalue weighted by Gasteiger charge is 2.08. The highest BCUT2D eigenvalue weighted by molar-refractivity contribution is 5.32. The van der Waals surface area contributed by atoms with Crippen LogP contribution in [0, 0.1) is 0 Å². The van der Waals surface area contributed by atoms with Crippen LogP contribution < -0.4 is 10.1 Å². The van der Waals surface area contributed by atoms with E-state index in [1.54, 1.807) is 7.11 Å². The van der Waals surface area contributed by atoms with Gasteiger partial charge in [0, 0.05) is 5.56 Å². The Labute approximate surface area is 92.6 Å². The van der Waals surface area contributed by atoms with Gasteiger partial charge in [0.2, 0.25) is 0 Å². The van der Waals surface area contributed by atoms with Crippen molar-refractivity contribution in [3.05, 3.63) is 29.8 Å². The van der Waals surface area contributed by atoms with Gasteiger partial charge in [-0.2, -0.15) is 0 Å². The van der Waals surface area contributed by atoms with Gasteiger partial charge >= 0.3 is 0 Å². The van der Waals surface area contributed by atoms with Crippen LogP contribution in [0.2, 0.25) is 0 Å². The molecular formula is C13H22NO+. The number of hydrogen-bond donors (Lipinski definition) is 1. The van der Waals surface area contributed by atoms with Crippen LogP contribution in [0.25, 0.3) is 0 Å². The fourth-order valence-electron chi connectivity index (χ4n) is 1.79. The molecule has 0 fully saturated rings. The third-order valence-corrected chi connectivity index (χ3v) is 2.91. The highest BCUT2D eigenvalue weighted by Crippen LogP contribution is 2.15. The van der Waals surface area contributed by atoms with Gasteiger partial charge in [-0.25, -0.2) is 0 Å². The first kappa shape index (κ1) is 12.1. The van der Waals surface area contributed by atoms with Gasteiger partial charge in [-0.05, 0) is 25.0 Å². The van der Waals surface area contributed by atoms with E-state index in [9.17, 15) is 0 Å². The van der Waals surface area contributed by atoms with Gasteiger partial charge in [0.25, 0.3) is 0 Å². The molecule has 0 bridgehead atoms. The normalized spacial score (nSPS) is 10.7. The van der Waals surface area contributed by atoms with Gasteiger partial charge in [-0.3, -0.25) is 0 Å². The second-order valence-corrected chi connectivity index (χ2v) is 3.83. The summed E-state index contributed by atoms with van der Waals surface area (Å²) in [6.45, 7) is 5.50. The quantitative estimate of drug-likeness (QED) is 0.759. The molecule has 2 nitrogen and oxygen atoms in total. The molecule has 0 atom stereocenters. The van der Waals surface area contributed by atoms with Crippen molar-refractivity contribution >= 4 is 0 Å². The molecule has 0 saturated carbocycles. The Bertz CT molecular complexity index is 282.